The number of fused-ring (bicyclic) bond motifs is 1. The zero-order valence-corrected chi connectivity index (χ0v) is 15.3. The third kappa shape index (κ3) is 4.10. The lowest BCUT2D eigenvalue weighted by Gasteiger charge is -2.13. The van der Waals surface area contributed by atoms with Crippen LogP contribution in [0.5, 0.6) is 0 Å². The van der Waals surface area contributed by atoms with Crippen molar-refractivity contribution in [3.05, 3.63) is 63.7 Å². The number of amides is 4. The van der Waals surface area contributed by atoms with E-state index in [1.807, 2.05) is 0 Å². The van der Waals surface area contributed by atoms with Crippen LogP contribution in [0.2, 0.25) is 0 Å². The lowest BCUT2D eigenvalue weighted by Crippen LogP contribution is -2.33. The molecule has 0 aromatic heterocycles. The standard InChI is InChI=1S/C19H16N4O6/c1-11(24)20-12-4-2-5-13(10-12)21-16(25)8-9-22-18(26)14-6-3-7-15(23(28)29)17(14)19(22)27/h2-7,10H,8-9H2,1H3,(H,20,24)(H,21,25). The van der Waals surface area contributed by atoms with Crippen LogP contribution in [0.3, 0.4) is 0 Å². The minimum atomic E-state index is -0.794. The molecule has 0 unspecified atom stereocenters. The van der Waals surface area contributed by atoms with E-state index in [9.17, 15) is 29.3 Å². The molecule has 0 saturated carbocycles. The van der Waals surface area contributed by atoms with Crippen LogP contribution in [0, 0.1) is 10.1 Å². The van der Waals surface area contributed by atoms with Crippen molar-refractivity contribution < 1.29 is 24.1 Å². The number of hydrogen-bond acceptors (Lipinski definition) is 6. The number of hydrogen-bond donors (Lipinski definition) is 2. The highest BCUT2D eigenvalue weighted by molar-refractivity contribution is 6.23. The molecule has 0 radical (unpaired) electrons. The Balaban J connectivity index is 1.66. The highest BCUT2D eigenvalue weighted by Crippen LogP contribution is 2.30. The van der Waals surface area contributed by atoms with Gasteiger partial charge in [-0.3, -0.25) is 34.2 Å². The fourth-order valence-corrected chi connectivity index (χ4v) is 2.99. The summed E-state index contributed by atoms with van der Waals surface area (Å²) in [5.74, 6) is -2.18. The summed E-state index contributed by atoms with van der Waals surface area (Å²) in [4.78, 5) is 59.4. The van der Waals surface area contributed by atoms with E-state index in [0.29, 0.717) is 11.4 Å². The summed E-state index contributed by atoms with van der Waals surface area (Å²) < 4.78 is 0. The maximum absolute atomic E-state index is 12.5. The number of imide groups is 1. The molecule has 148 valence electrons. The number of carbonyl (C=O) groups is 4. The van der Waals surface area contributed by atoms with Crippen LogP contribution in [-0.4, -0.2) is 40.0 Å². The summed E-state index contributed by atoms with van der Waals surface area (Å²) in [6.45, 7) is 1.14. The molecule has 3 rings (SSSR count). The van der Waals surface area contributed by atoms with Crippen LogP contribution >= 0.6 is 0 Å². The average Bonchev–Trinajstić information content (AvgIpc) is 2.90. The molecule has 1 aliphatic heterocycles. The highest BCUT2D eigenvalue weighted by atomic mass is 16.6. The SMILES string of the molecule is CC(=O)Nc1cccc(NC(=O)CCN2C(=O)c3cccc([N+](=O)[O-])c3C2=O)c1. The van der Waals surface area contributed by atoms with Gasteiger partial charge >= 0.3 is 0 Å². The van der Waals surface area contributed by atoms with Gasteiger partial charge in [0.1, 0.15) is 5.56 Å². The molecule has 4 amide bonds. The molecule has 0 spiro atoms. The van der Waals surface area contributed by atoms with Crippen LogP contribution in [0.25, 0.3) is 0 Å². The van der Waals surface area contributed by atoms with Gasteiger partial charge in [-0.05, 0) is 24.3 Å². The second-order valence-corrected chi connectivity index (χ2v) is 6.28. The minimum Gasteiger partial charge on any atom is -0.326 e. The maximum atomic E-state index is 12.5. The van der Waals surface area contributed by atoms with E-state index in [2.05, 4.69) is 10.6 Å². The van der Waals surface area contributed by atoms with Gasteiger partial charge < -0.3 is 10.6 Å². The molecule has 2 N–H and O–H groups in total. The van der Waals surface area contributed by atoms with Gasteiger partial charge in [-0.2, -0.15) is 0 Å². The molecule has 0 bridgehead atoms. The molecule has 0 aliphatic carbocycles. The van der Waals surface area contributed by atoms with E-state index >= 15 is 0 Å². The van der Waals surface area contributed by atoms with Gasteiger partial charge in [0.25, 0.3) is 17.5 Å². The number of nitro groups is 1. The first-order valence-electron chi connectivity index (χ1n) is 8.59. The van der Waals surface area contributed by atoms with Crippen molar-refractivity contribution in [3.63, 3.8) is 0 Å². The smallest absolute Gasteiger partial charge is 0.282 e. The number of benzene rings is 2. The Labute approximate surface area is 164 Å². The second-order valence-electron chi connectivity index (χ2n) is 6.28. The van der Waals surface area contributed by atoms with Gasteiger partial charge in [0, 0.05) is 37.3 Å². The van der Waals surface area contributed by atoms with Gasteiger partial charge in [0.15, 0.2) is 0 Å². The first kappa shape index (κ1) is 19.7. The lowest BCUT2D eigenvalue weighted by atomic mass is 10.1. The molecular formula is C19H16N4O6. The van der Waals surface area contributed by atoms with Crippen LogP contribution < -0.4 is 10.6 Å². The summed E-state index contributed by atoms with van der Waals surface area (Å²) in [6.07, 6.45) is -0.191. The Morgan fingerprint density at radius 2 is 1.69 bits per heavy atom. The molecule has 0 saturated heterocycles. The van der Waals surface area contributed by atoms with E-state index in [0.717, 1.165) is 11.0 Å². The summed E-state index contributed by atoms with van der Waals surface area (Å²) in [5, 5.41) is 16.3. The van der Waals surface area contributed by atoms with Crippen molar-refractivity contribution in [2.24, 2.45) is 0 Å². The Morgan fingerprint density at radius 1 is 1.03 bits per heavy atom. The van der Waals surface area contributed by atoms with Crippen molar-refractivity contribution >= 4 is 40.7 Å². The fraction of sp³-hybridized carbons (Fsp3) is 0.158. The first-order valence-corrected chi connectivity index (χ1v) is 8.59. The molecule has 10 nitrogen and oxygen atoms in total. The number of nitrogens with one attached hydrogen (secondary N) is 2. The van der Waals surface area contributed by atoms with E-state index in [-0.39, 0.29) is 30.0 Å². The topological polar surface area (TPSA) is 139 Å². The van der Waals surface area contributed by atoms with Crippen molar-refractivity contribution in [1.82, 2.24) is 4.90 Å². The third-order valence-electron chi connectivity index (χ3n) is 4.20. The molecule has 2 aromatic rings. The summed E-state index contributed by atoms with van der Waals surface area (Å²) >= 11 is 0. The lowest BCUT2D eigenvalue weighted by molar-refractivity contribution is -0.385. The quantitative estimate of drug-likeness (QED) is 0.436. The van der Waals surface area contributed by atoms with Crippen LogP contribution in [-0.2, 0) is 9.59 Å². The van der Waals surface area contributed by atoms with Gasteiger partial charge in [-0.1, -0.05) is 12.1 Å². The Kier molecular flexibility index (Phi) is 5.35. The fourth-order valence-electron chi connectivity index (χ4n) is 2.99. The molecule has 0 atom stereocenters. The molecule has 10 heteroatoms. The first-order chi connectivity index (χ1) is 13.8. The van der Waals surface area contributed by atoms with E-state index in [1.165, 1.54) is 19.1 Å². The Hall–Kier alpha value is -4.08. The van der Waals surface area contributed by atoms with Gasteiger partial charge in [0.2, 0.25) is 11.8 Å². The van der Waals surface area contributed by atoms with Crippen molar-refractivity contribution in [3.8, 4) is 0 Å². The van der Waals surface area contributed by atoms with Gasteiger partial charge in [-0.15, -0.1) is 0 Å². The average molecular weight is 396 g/mol. The third-order valence-corrected chi connectivity index (χ3v) is 4.20. The van der Waals surface area contributed by atoms with Crippen LogP contribution in [0.4, 0.5) is 17.1 Å². The minimum absolute atomic E-state index is 0.0485. The maximum Gasteiger partial charge on any atom is 0.282 e. The second kappa shape index (κ2) is 7.89. The normalized spacial score (nSPS) is 12.5. The molecule has 1 heterocycles. The summed E-state index contributed by atoms with van der Waals surface area (Å²) in [5.41, 5.74) is 0.184. The van der Waals surface area contributed by atoms with Gasteiger partial charge in [0.05, 0.1) is 10.5 Å². The number of anilines is 2. The van der Waals surface area contributed by atoms with Crippen LogP contribution in [0.1, 0.15) is 34.1 Å². The van der Waals surface area contributed by atoms with E-state index in [4.69, 9.17) is 0 Å². The molecule has 1 aliphatic rings. The van der Waals surface area contributed by atoms with Crippen LogP contribution in [0.15, 0.2) is 42.5 Å². The molecule has 2 aromatic carbocycles. The summed E-state index contributed by atoms with van der Waals surface area (Å²) in [7, 11) is 0. The monoisotopic (exact) mass is 396 g/mol. The van der Waals surface area contributed by atoms with E-state index in [1.54, 1.807) is 24.3 Å². The number of nitrogens with zero attached hydrogens (tertiary/aromatic N) is 2. The number of rotatable bonds is 6. The predicted molar refractivity (Wildman–Crippen MR) is 102 cm³/mol. The predicted octanol–water partition coefficient (Wildman–Crippen LogP) is 2.18. The number of carbonyl (C=O) groups excluding carboxylic acids is 4. The van der Waals surface area contributed by atoms with Crippen molar-refractivity contribution in [1.29, 1.82) is 0 Å². The Bertz CT molecular complexity index is 1050. The Morgan fingerprint density at radius 3 is 2.34 bits per heavy atom. The molecule has 29 heavy (non-hydrogen) atoms. The zero-order valence-electron chi connectivity index (χ0n) is 15.3. The molecular weight excluding hydrogens is 380 g/mol. The number of nitro benzene ring substituents is 1. The van der Waals surface area contributed by atoms with Crippen molar-refractivity contribution in [2.75, 3.05) is 17.2 Å². The highest BCUT2D eigenvalue weighted by Gasteiger charge is 2.40. The molecule has 0 fully saturated rings. The zero-order chi connectivity index (χ0) is 21.1. The van der Waals surface area contributed by atoms with Gasteiger partial charge in [-0.25, -0.2) is 0 Å². The van der Waals surface area contributed by atoms with E-state index < -0.39 is 28.3 Å². The van der Waals surface area contributed by atoms with Crippen molar-refractivity contribution in [2.45, 2.75) is 13.3 Å². The largest absolute Gasteiger partial charge is 0.326 e. The summed E-state index contributed by atoms with van der Waals surface area (Å²) in [6, 6.07) is 10.3.